The average molecular weight is 325 g/mol. The first-order valence-electron chi connectivity index (χ1n) is 7.99. The summed E-state index contributed by atoms with van der Waals surface area (Å²) in [5.74, 6) is -1.12. The molecule has 0 N–H and O–H groups in total. The molecule has 0 radical (unpaired) electrons. The lowest BCUT2D eigenvalue weighted by Crippen LogP contribution is -2.28. The van der Waals surface area contributed by atoms with Crippen molar-refractivity contribution in [3.05, 3.63) is 18.7 Å². The second-order valence-electron chi connectivity index (χ2n) is 5.87. The normalized spacial score (nSPS) is 23.7. The molecule has 1 aliphatic rings. The maximum Gasteiger partial charge on any atom is 0.317 e. The molecule has 1 fully saturated rings. The van der Waals surface area contributed by atoms with Gasteiger partial charge in [-0.15, -0.1) is 0 Å². The number of hydrogen-bond acceptors (Lipinski definition) is 5. The number of rotatable bonds is 7. The van der Waals surface area contributed by atoms with Crippen LogP contribution in [0.1, 0.15) is 33.1 Å². The Labute approximate surface area is 136 Å². The van der Waals surface area contributed by atoms with Gasteiger partial charge in [0.1, 0.15) is 38.1 Å². The molecule has 3 atom stereocenters. The van der Waals surface area contributed by atoms with Gasteiger partial charge in [0, 0.05) is 6.42 Å². The highest BCUT2D eigenvalue weighted by molar-refractivity contribution is 5.91. The number of imidazole rings is 1. The number of aryl methyl sites for hydroxylation is 1. The van der Waals surface area contributed by atoms with Gasteiger partial charge in [0.05, 0.1) is 19.3 Å². The number of carbonyl (C=O) groups is 2. The lowest BCUT2D eigenvalue weighted by atomic mass is 10.1. The van der Waals surface area contributed by atoms with E-state index < -0.39 is 11.9 Å². The summed E-state index contributed by atoms with van der Waals surface area (Å²) in [6.07, 6.45) is 6.48. The van der Waals surface area contributed by atoms with Crippen LogP contribution in [0.5, 0.6) is 0 Å². The van der Waals surface area contributed by atoms with Gasteiger partial charge in [-0.2, -0.15) is 0 Å². The first kappa shape index (κ1) is 17.5. The van der Waals surface area contributed by atoms with Gasteiger partial charge in [-0.1, -0.05) is 6.92 Å². The van der Waals surface area contributed by atoms with Gasteiger partial charge in [0.25, 0.3) is 0 Å². The quantitative estimate of drug-likeness (QED) is 0.420. The molecule has 1 aliphatic heterocycles. The van der Waals surface area contributed by atoms with Crippen LogP contribution in [0, 0.1) is 0 Å². The predicted octanol–water partition coefficient (Wildman–Crippen LogP) is 0.745. The summed E-state index contributed by atoms with van der Waals surface area (Å²) in [5, 5.41) is 0. The fourth-order valence-electron chi connectivity index (χ4n) is 2.68. The largest absolute Gasteiger partial charge is 0.461 e. The van der Waals surface area contributed by atoms with E-state index in [0.29, 0.717) is 13.0 Å². The van der Waals surface area contributed by atoms with Crippen LogP contribution in [0.4, 0.5) is 0 Å². The molecule has 0 saturated carbocycles. The monoisotopic (exact) mass is 325 g/mol. The highest BCUT2D eigenvalue weighted by Gasteiger charge is 2.34. The van der Waals surface area contributed by atoms with E-state index >= 15 is 0 Å². The smallest absolute Gasteiger partial charge is 0.317 e. The predicted molar refractivity (Wildman–Crippen MR) is 80.3 cm³/mol. The van der Waals surface area contributed by atoms with Gasteiger partial charge < -0.3 is 14.2 Å². The Hall–Kier alpha value is -1.89. The molecule has 7 heteroatoms. The van der Waals surface area contributed by atoms with Crippen molar-refractivity contribution in [2.75, 3.05) is 6.61 Å². The second-order valence-corrected chi connectivity index (χ2v) is 5.87. The van der Waals surface area contributed by atoms with Crippen molar-refractivity contribution >= 4 is 11.9 Å². The molecule has 2 heterocycles. The minimum atomic E-state index is -0.563. The molecule has 0 bridgehead atoms. The van der Waals surface area contributed by atoms with Crippen molar-refractivity contribution in [3.8, 4) is 0 Å². The fraction of sp³-hybridized carbons (Fsp3) is 0.688. The SMILES string of the molecule is CC[C@H]1O[C@@H](C)C[C@H]1OC(=O)CC(=O)OCCn1cc[n+](C)c1. The zero-order chi connectivity index (χ0) is 16.8. The molecule has 0 aliphatic carbocycles. The number of aromatic nitrogens is 2. The Morgan fingerprint density at radius 2 is 2.17 bits per heavy atom. The van der Waals surface area contributed by atoms with Crippen LogP contribution in [-0.2, 0) is 37.4 Å². The molecule has 0 aromatic carbocycles. The standard InChI is InChI=1S/C16H25N2O5/c1-4-13-14(9-12(2)22-13)23-16(20)10-15(19)21-8-7-18-6-5-17(3)11-18/h5-6,11-14H,4,7-10H2,1-3H3/q+1/t12-,13+,14+/m0/s1. The second kappa shape index (κ2) is 8.10. The Kier molecular flexibility index (Phi) is 6.15. The molecule has 1 aromatic heterocycles. The maximum atomic E-state index is 11.8. The van der Waals surface area contributed by atoms with E-state index in [4.69, 9.17) is 14.2 Å². The summed E-state index contributed by atoms with van der Waals surface area (Å²) in [7, 11) is 1.91. The van der Waals surface area contributed by atoms with E-state index in [1.807, 2.05) is 48.8 Å². The molecule has 2 rings (SSSR count). The Bertz CT molecular complexity index is 542. The van der Waals surface area contributed by atoms with Crippen LogP contribution in [0.15, 0.2) is 18.7 Å². The Morgan fingerprint density at radius 3 is 2.83 bits per heavy atom. The molecule has 0 amide bonds. The highest BCUT2D eigenvalue weighted by Crippen LogP contribution is 2.25. The third kappa shape index (κ3) is 5.35. The Morgan fingerprint density at radius 1 is 1.39 bits per heavy atom. The van der Waals surface area contributed by atoms with Crippen molar-refractivity contribution in [1.82, 2.24) is 4.57 Å². The third-order valence-corrected chi connectivity index (χ3v) is 3.80. The molecule has 1 aromatic rings. The molecule has 1 saturated heterocycles. The van der Waals surface area contributed by atoms with E-state index in [9.17, 15) is 9.59 Å². The summed E-state index contributed by atoms with van der Waals surface area (Å²) >= 11 is 0. The van der Waals surface area contributed by atoms with E-state index in [0.717, 1.165) is 6.42 Å². The summed E-state index contributed by atoms with van der Waals surface area (Å²) in [6, 6.07) is 0. The number of hydrogen-bond donors (Lipinski definition) is 0. The summed E-state index contributed by atoms with van der Waals surface area (Å²) < 4.78 is 19.9. The van der Waals surface area contributed by atoms with Crippen LogP contribution < -0.4 is 4.57 Å². The number of ether oxygens (including phenoxy) is 3. The number of nitrogens with zero attached hydrogens (tertiary/aromatic N) is 2. The summed E-state index contributed by atoms with van der Waals surface area (Å²) in [6.45, 7) is 4.71. The van der Waals surface area contributed by atoms with E-state index in [2.05, 4.69) is 0 Å². The van der Waals surface area contributed by atoms with Crippen LogP contribution in [0.25, 0.3) is 0 Å². The lowest BCUT2D eigenvalue weighted by molar-refractivity contribution is -0.671. The number of esters is 2. The van der Waals surface area contributed by atoms with E-state index in [1.165, 1.54) is 0 Å². The van der Waals surface area contributed by atoms with Crippen molar-refractivity contribution in [3.63, 3.8) is 0 Å². The van der Waals surface area contributed by atoms with Crippen LogP contribution in [-0.4, -0.2) is 41.4 Å². The van der Waals surface area contributed by atoms with Crippen LogP contribution in [0.2, 0.25) is 0 Å². The molecule has 0 unspecified atom stereocenters. The first-order valence-corrected chi connectivity index (χ1v) is 7.99. The van der Waals surface area contributed by atoms with Gasteiger partial charge >= 0.3 is 11.9 Å². The minimum Gasteiger partial charge on any atom is -0.461 e. The van der Waals surface area contributed by atoms with Gasteiger partial charge in [-0.05, 0) is 13.3 Å². The highest BCUT2D eigenvalue weighted by atomic mass is 16.6. The van der Waals surface area contributed by atoms with Gasteiger partial charge in [0.2, 0.25) is 6.33 Å². The molecule has 128 valence electrons. The van der Waals surface area contributed by atoms with Gasteiger partial charge in [-0.3, -0.25) is 9.59 Å². The summed E-state index contributed by atoms with van der Waals surface area (Å²) in [4.78, 5) is 23.5. The fourth-order valence-corrected chi connectivity index (χ4v) is 2.68. The zero-order valence-corrected chi connectivity index (χ0v) is 13.9. The zero-order valence-electron chi connectivity index (χ0n) is 13.9. The van der Waals surface area contributed by atoms with Gasteiger partial charge in [-0.25, -0.2) is 9.13 Å². The summed E-state index contributed by atoms with van der Waals surface area (Å²) in [5.41, 5.74) is 0. The molecule has 23 heavy (non-hydrogen) atoms. The molecular weight excluding hydrogens is 300 g/mol. The van der Waals surface area contributed by atoms with Gasteiger partial charge in [0.15, 0.2) is 0 Å². The van der Waals surface area contributed by atoms with E-state index in [1.54, 1.807) is 0 Å². The molecule has 0 spiro atoms. The molecule has 7 nitrogen and oxygen atoms in total. The maximum absolute atomic E-state index is 11.8. The van der Waals surface area contributed by atoms with Crippen LogP contribution in [0.3, 0.4) is 0 Å². The van der Waals surface area contributed by atoms with E-state index in [-0.39, 0.29) is 31.3 Å². The Balaban J connectivity index is 1.67. The van der Waals surface area contributed by atoms with Crippen molar-refractivity contribution in [1.29, 1.82) is 0 Å². The lowest BCUT2D eigenvalue weighted by Gasteiger charge is -2.17. The average Bonchev–Trinajstić information content (AvgIpc) is 3.04. The van der Waals surface area contributed by atoms with Crippen molar-refractivity contribution in [2.45, 2.75) is 58.0 Å². The topological polar surface area (TPSA) is 70.6 Å². The minimum absolute atomic E-state index is 0.0765. The third-order valence-electron chi connectivity index (χ3n) is 3.80. The first-order chi connectivity index (χ1) is 11.0. The molecular formula is C16H25N2O5+. The van der Waals surface area contributed by atoms with Crippen LogP contribution >= 0.6 is 0 Å². The van der Waals surface area contributed by atoms with Crippen molar-refractivity contribution < 1.29 is 28.4 Å². The number of carbonyl (C=O) groups excluding carboxylic acids is 2. The van der Waals surface area contributed by atoms with Crippen molar-refractivity contribution in [2.24, 2.45) is 7.05 Å².